The van der Waals surface area contributed by atoms with Gasteiger partial charge in [-0.2, -0.15) is 13.2 Å². The lowest BCUT2D eigenvalue weighted by Gasteiger charge is -2.45. The Morgan fingerprint density at radius 3 is 2.41 bits per heavy atom. The van der Waals surface area contributed by atoms with Crippen molar-refractivity contribution >= 4 is 0 Å². The summed E-state index contributed by atoms with van der Waals surface area (Å²) in [5.74, 6) is 0. The van der Waals surface area contributed by atoms with Crippen LogP contribution in [0, 0.1) is 0 Å². The molecule has 3 atom stereocenters. The lowest BCUT2D eigenvalue weighted by Crippen LogP contribution is -2.64. The van der Waals surface area contributed by atoms with Crippen LogP contribution in [-0.4, -0.2) is 43.7 Å². The van der Waals surface area contributed by atoms with E-state index in [1.54, 1.807) is 0 Å². The molecule has 0 aromatic rings. The van der Waals surface area contributed by atoms with Gasteiger partial charge < -0.3 is 9.47 Å². The van der Waals surface area contributed by atoms with Crippen LogP contribution in [0.5, 0.6) is 0 Å². The zero-order chi connectivity index (χ0) is 12.7. The van der Waals surface area contributed by atoms with Crippen molar-refractivity contribution in [1.82, 2.24) is 5.32 Å². The molecule has 0 radical (unpaired) electrons. The Labute approximate surface area is 98.7 Å². The second-order valence-electron chi connectivity index (χ2n) is 4.76. The molecular weight excluding hydrogens is 235 g/mol. The van der Waals surface area contributed by atoms with Crippen molar-refractivity contribution in [3.05, 3.63) is 0 Å². The summed E-state index contributed by atoms with van der Waals surface area (Å²) in [5.41, 5.74) is -1.66. The van der Waals surface area contributed by atoms with Crippen molar-refractivity contribution in [3.63, 3.8) is 0 Å². The van der Waals surface area contributed by atoms with E-state index in [0.717, 1.165) is 0 Å². The van der Waals surface area contributed by atoms with Gasteiger partial charge in [0.2, 0.25) is 0 Å². The Bertz CT molecular complexity index is 278. The largest absolute Gasteiger partial charge is 0.406 e. The number of hydrogen-bond acceptors (Lipinski definition) is 3. The highest BCUT2D eigenvalue weighted by Crippen LogP contribution is 2.50. The predicted molar refractivity (Wildman–Crippen MR) is 55.8 cm³/mol. The van der Waals surface area contributed by atoms with Crippen LogP contribution in [0.25, 0.3) is 0 Å². The summed E-state index contributed by atoms with van der Waals surface area (Å²) in [6.07, 6.45) is -3.58. The maximum Gasteiger partial charge on any atom is 0.406 e. The van der Waals surface area contributed by atoms with E-state index in [1.807, 2.05) is 6.92 Å². The van der Waals surface area contributed by atoms with Crippen molar-refractivity contribution < 1.29 is 22.6 Å². The first-order valence-corrected chi connectivity index (χ1v) is 5.92. The molecule has 2 aliphatic rings. The van der Waals surface area contributed by atoms with E-state index in [9.17, 15) is 13.2 Å². The molecule has 0 aromatic carbocycles. The van der Waals surface area contributed by atoms with Crippen LogP contribution in [0.2, 0.25) is 0 Å². The number of hydrogen-bond donors (Lipinski definition) is 1. The highest BCUT2D eigenvalue weighted by atomic mass is 19.4. The van der Waals surface area contributed by atoms with Gasteiger partial charge in [-0.25, -0.2) is 0 Å². The average Bonchev–Trinajstić information content (AvgIpc) is 2.96. The van der Waals surface area contributed by atoms with Gasteiger partial charge in [-0.15, -0.1) is 0 Å². The monoisotopic (exact) mass is 253 g/mol. The van der Waals surface area contributed by atoms with Crippen LogP contribution in [0.15, 0.2) is 0 Å². The first-order valence-electron chi connectivity index (χ1n) is 5.92. The van der Waals surface area contributed by atoms with Crippen molar-refractivity contribution in [2.75, 3.05) is 13.7 Å². The standard InChI is InChI=1S/C11H18F3NO2/c1-3-17-8-6-7(9(8)16-2)15-10(4-5-10)11(12,13)14/h7-9,15H,3-6H2,1-2H3. The van der Waals surface area contributed by atoms with Crippen molar-refractivity contribution in [2.24, 2.45) is 0 Å². The van der Waals surface area contributed by atoms with Crippen molar-refractivity contribution in [1.29, 1.82) is 0 Å². The Balaban J connectivity index is 1.89. The van der Waals surface area contributed by atoms with Crippen LogP contribution in [0.1, 0.15) is 26.2 Å². The minimum atomic E-state index is -4.16. The first-order chi connectivity index (χ1) is 7.93. The van der Waals surface area contributed by atoms with Gasteiger partial charge in [-0.3, -0.25) is 5.32 Å². The fraction of sp³-hybridized carbons (Fsp3) is 1.00. The molecule has 2 saturated carbocycles. The van der Waals surface area contributed by atoms with Gasteiger partial charge in [-0.1, -0.05) is 0 Å². The minimum absolute atomic E-state index is 0.0773. The number of rotatable bonds is 5. The molecule has 1 N–H and O–H groups in total. The Morgan fingerprint density at radius 1 is 1.35 bits per heavy atom. The van der Waals surface area contributed by atoms with Gasteiger partial charge in [0.15, 0.2) is 0 Å². The molecule has 3 nitrogen and oxygen atoms in total. The zero-order valence-corrected chi connectivity index (χ0v) is 10.0. The molecular formula is C11H18F3NO2. The molecule has 3 unspecified atom stereocenters. The number of halogens is 3. The van der Waals surface area contributed by atoms with Gasteiger partial charge in [0, 0.05) is 19.8 Å². The maximum atomic E-state index is 12.8. The van der Waals surface area contributed by atoms with E-state index in [0.29, 0.717) is 13.0 Å². The molecule has 2 rings (SSSR count). The van der Waals surface area contributed by atoms with Crippen LogP contribution in [-0.2, 0) is 9.47 Å². The normalized spacial score (nSPS) is 35.5. The van der Waals surface area contributed by atoms with Crippen LogP contribution in [0.4, 0.5) is 13.2 Å². The van der Waals surface area contributed by atoms with Crippen molar-refractivity contribution in [3.8, 4) is 0 Å². The highest BCUT2D eigenvalue weighted by Gasteiger charge is 2.65. The number of nitrogens with one attached hydrogen (secondary N) is 1. The van der Waals surface area contributed by atoms with Gasteiger partial charge in [-0.05, 0) is 26.2 Å². The number of alkyl halides is 3. The first kappa shape index (κ1) is 13.1. The smallest absolute Gasteiger partial charge is 0.377 e. The van der Waals surface area contributed by atoms with E-state index in [2.05, 4.69) is 5.32 Å². The molecule has 17 heavy (non-hydrogen) atoms. The van der Waals surface area contributed by atoms with Gasteiger partial charge in [0.25, 0.3) is 0 Å². The number of ether oxygens (including phenoxy) is 2. The van der Waals surface area contributed by atoms with E-state index < -0.39 is 11.7 Å². The lowest BCUT2D eigenvalue weighted by molar-refractivity contribution is -0.186. The van der Waals surface area contributed by atoms with E-state index in [-0.39, 0.29) is 31.1 Å². The highest BCUT2D eigenvalue weighted by molar-refractivity contribution is 5.12. The molecule has 0 aliphatic heterocycles. The van der Waals surface area contributed by atoms with Crippen LogP contribution in [0.3, 0.4) is 0 Å². The Hall–Kier alpha value is -0.330. The molecule has 0 spiro atoms. The molecule has 2 aliphatic carbocycles. The van der Waals surface area contributed by atoms with Crippen molar-refractivity contribution in [2.45, 2.75) is 56.2 Å². The minimum Gasteiger partial charge on any atom is -0.377 e. The summed E-state index contributed by atoms with van der Waals surface area (Å²) in [4.78, 5) is 0. The van der Waals surface area contributed by atoms with Crippen LogP contribution < -0.4 is 5.32 Å². The second-order valence-corrected chi connectivity index (χ2v) is 4.76. The topological polar surface area (TPSA) is 30.5 Å². The quantitative estimate of drug-likeness (QED) is 0.811. The SMILES string of the molecule is CCOC1CC(NC2(C(F)(F)F)CC2)C1OC. The Kier molecular flexibility index (Phi) is 3.40. The van der Waals surface area contributed by atoms with Gasteiger partial charge in [0.1, 0.15) is 5.54 Å². The summed E-state index contributed by atoms with van der Waals surface area (Å²) in [5, 5.41) is 2.70. The fourth-order valence-electron chi connectivity index (χ4n) is 2.41. The third kappa shape index (κ3) is 2.30. The van der Waals surface area contributed by atoms with E-state index in [4.69, 9.17) is 9.47 Å². The average molecular weight is 253 g/mol. The van der Waals surface area contributed by atoms with Crippen LogP contribution >= 0.6 is 0 Å². The second kappa shape index (κ2) is 4.40. The molecule has 100 valence electrons. The molecule has 0 aromatic heterocycles. The lowest BCUT2D eigenvalue weighted by atomic mass is 9.84. The molecule has 2 fully saturated rings. The third-order valence-corrected chi connectivity index (χ3v) is 3.66. The summed E-state index contributed by atoms with van der Waals surface area (Å²) in [6, 6.07) is -0.249. The summed E-state index contributed by atoms with van der Waals surface area (Å²) in [6.45, 7) is 2.42. The zero-order valence-electron chi connectivity index (χ0n) is 10.0. The van der Waals surface area contributed by atoms with E-state index >= 15 is 0 Å². The molecule has 0 heterocycles. The maximum absolute atomic E-state index is 12.8. The summed E-state index contributed by atoms with van der Waals surface area (Å²) >= 11 is 0. The third-order valence-electron chi connectivity index (χ3n) is 3.66. The molecule has 6 heteroatoms. The van der Waals surface area contributed by atoms with Gasteiger partial charge >= 0.3 is 6.18 Å². The number of methoxy groups -OCH3 is 1. The fourth-order valence-corrected chi connectivity index (χ4v) is 2.41. The molecule has 0 amide bonds. The molecule has 0 bridgehead atoms. The Morgan fingerprint density at radius 2 is 2.00 bits per heavy atom. The van der Waals surface area contributed by atoms with E-state index in [1.165, 1.54) is 7.11 Å². The predicted octanol–water partition coefficient (Wildman–Crippen LogP) is 1.86. The van der Waals surface area contributed by atoms with Gasteiger partial charge in [0.05, 0.1) is 12.2 Å². The summed E-state index contributed by atoms with van der Waals surface area (Å²) < 4.78 is 48.9. The summed E-state index contributed by atoms with van der Waals surface area (Å²) in [7, 11) is 1.51. The molecule has 0 saturated heterocycles.